The molecule has 1 unspecified atom stereocenters. The van der Waals surface area contributed by atoms with Crippen molar-refractivity contribution in [2.24, 2.45) is 0 Å². The maximum atomic E-state index is 12.0. The first-order valence-electron chi connectivity index (χ1n) is 5.58. The van der Waals surface area contributed by atoms with Gasteiger partial charge in [0.05, 0.1) is 11.3 Å². The van der Waals surface area contributed by atoms with Gasteiger partial charge in [0.15, 0.2) is 0 Å². The maximum Gasteiger partial charge on any atom is 0.234 e. The third kappa shape index (κ3) is 1.83. The van der Waals surface area contributed by atoms with Gasteiger partial charge in [-0.15, -0.1) is 11.8 Å². The summed E-state index contributed by atoms with van der Waals surface area (Å²) in [5, 5.41) is 6.29. The summed E-state index contributed by atoms with van der Waals surface area (Å²) < 4.78 is 0. The number of fused-ring (bicyclic) bond motifs is 1. The van der Waals surface area contributed by atoms with E-state index in [9.17, 15) is 4.79 Å². The second-order valence-corrected chi connectivity index (χ2v) is 5.53. The fourth-order valence-corrected chi connectivity index (χ4v) is 3.22. The summed E-state index contributed by atoms with van der Waals surface area (Å²) in [5.74, 6) is 0.188. The van der Waals surface area contributed by atoms with Crippen molar-refractivity contribution >= 4 is 17.7 Å². The highest BCUT2D eigenvalue weighted by molar-refractivity contribution is 8.01. The zero-order valence-corrected chi connectivity index (χ0v) is 9.72. The minimum atomic E-state index is 0.0676. The van der Waals surface area contributed by atoms with Crippen LogP contribution in [0.3, 0.4) is 0 Å². The van der Waals surface area contributed by atoms with E-state index < -0.39 is 0 Å². The Balaban J connectivity index is 1.64. The minimum Gasteiger partial charge on any atom is -0.350 e. The van der Waals surface area contributed by atoms with Crippen molar-refractivity contribution in [1.82, 2.24) is 10.6 Å². The molecular formula is C12H14N2OS. The van der Waals surface area contributed by atoms with Crippen LogP contribution in [0, 0.1) is 0 Å². The Bertz CT molecular complexity index is 392. The number of benzene rings is 1. The van der Waals surface area contributed by atoms with E-state index in [2.05, 4.69) is 22.8 Å². The topological polar surface area (TPSA) is 41.1 Å². The highest BCUT2D eigenvalue weighted by Gasteiger charge is 2.30. The molecule has 1 saturated heterocycles. The van der Waals surface area contributed by atoms with E-state index in [0.29, 0.717) is 6.04 Å². The van der Waals surface area contributed by atoms with Gasteiger partial charge in [-0.05, 0) is 18.1 Å². The molecule has 1 amide bonds. The van der Waals surface area contributed by atoms with E-state index in [1.54, 1.807) is 11.8 Å². The zero-order valence-electron chi connectivity index (χ0n) is 8.90. The van der Waals surface area contributed by atoms with Gasteiger partial charge in [-0.3, -0.25) is 4.79 Å². The molecule has 1 fully saturated rings. The van der Waals surface area contributed by atoms with Crippen LogP contribution < -0.4 is 10.6 Å². The third-order valence-electron chi connectivity index (χ3n) is 3.07. The lowest BCUT2D eigenvalue weighted by atomic mass is 10.1. The number of rotatable bonds is 2. The largest absolute Gasteiger partial charge is 0.350 e. The predicted molar refractivity (Wildman–Crippen MR) is 64.6 cm³/mol. The van der Waals surface area contributed by atoms with E-state index in [-0.39, 0.29) is 11.2 Å². The highest BCUT2D eigenvalue weighted by atomic mass is 32.2. The first-order chi connectivity index (χ1) is 7.83. The Morgan fingerprint density at radius 3 is 2.88 bits per heavy atom. The molecule has 0 spiro atoms. The van der Waals surface area contributed by atoms with Crippen LogP contribution in [0.25, 0.3) is 0 Å². The average molecular weight is 234 g/mol. The third-order valence-corrected chi connectivity index (χ3v) is 4.38. The molecule has 3 rings (SSSR count). The summed E-state index contributed by atoms with van der Waals surface area (Å²) in [7, 11) is 0. The second-order valence-electron chi connectivity index (χ2n) is 4.28. The lowest BCUT2D eigenvalue weighted by Gasteiger charge is -2.28. The number of amides is 1. The number of nitrogens with one attached hydrogen (secondary N) is 2. The van der Waals surface area contributed by atoms with E-state index in [1.807, 2.05) is 12.1 Å². The first kappa shape index (κ1) is 10.2. The quantitative estimate of drug-likeness (QED) is 0.795. The number of carbonyl (C=O) groups excluding carboxylic acids is 1. The first-order valence-corrected chi connectivity index (χ1v) is 6.46. The number of hydrogen-bond acceptors (Lipinski definition) is 3. The Morgan fingerprint density at radius 2 is 2.19 bits per heavy atom. The lowest BCUT2D eigenvalue weighted by Crippen LogP contribution is -2.58. The van der Waals surface area contributed by atoms with Crippen LogP contribution in [0.15, 0.2) is 29.2 Å². The van der Waals surface area contributed by atoms with E-state index in [1.165, 1.54) is 10.5 Å². The van der Waals surface area contributed by atoms with Crippen molar-refractivity contribution in [2.75, 3.05) is 13.1 Å². The van der Waals surface area contributed by atoms with Crippen LogP contribution in [-0.2, 0) is 11.2 Å². The normalized spacial score (nSPS) is 23.6. The molecule has 2 aliphatic rings. The van der Waals surface area contributed by atoms with Gasteiger partial charge in [-0.2, -0.15) is 0 Å². The van der Waals surface area contributed by atoms with Gasteiger partial charge in [0.25, 0.3) is 0 Å². The lowest BCUT2D eigenvalue weighted by molar-refractivity contribution is -0.121. The van der Waals surface area contributed by atoms with E-state index >= 15 is 0 Å². The fraction of sp³-hybridized carbons (Fsp3) is 0.417. The molecule has 1 atom stereocenters. The molecule has 0 saturated carbocycles. The molecule has 84 valence electrons. The molecule has 2 aliphatic heterocycles. The van der Waals surface area contributed by atoms with Crippen molar-refractivity contribution in [3.05, 3.63) is 29.8 Å². The molecule has 3 nitrogen and oxygen atoms in total. The van der Waals surface area contributed by atoms with Crippen molar-refractivity contribution in [3.8, 4) is 0 Å². The molecule has 1 aromatic rings. The summed E-state index contributed by atoms with van der Waals surface area (Å²) in [6.07, 6.45) is 0.868. The van der Waals surface area contributed by atoms with Gasteiger partial charge in [0.1, 0.15) is 0 Å². The van der Waals surface area contributed by atoms with E-state index in [0.717, 1.165) is 19.5 Å². The van der Waals surface area contributed by atoms with Crippen LogP contribution in [0.2, 0.25) is 0 Å². The van der Waals surface area contributed by atoms with Gasteiger partial charge in [0, 0.05) is 18.0 Å². The molecule has 0 aromatic heterocycles. The monoisotopic (exact) mass is 234 g/mol. The van der Waals surface area contributed by atoms with Gasteiger partial charge in [0.2, 0.25) is 5.91 Å². The summed E-state index contributed by atoms with van der Waals surface area (Å²) in [5.41, 5.74) is 1.30. The van der Waals surface area contributed by atoms with Crippen molar-refractivity contribution in [2.45, 2.75) is 22.6 Å². The molecular weight excluding hydrogens is 220 g/mol. The van der Waals surface area contributed by atoms with Crippen LogP contribution in [-0.4, -0.2) is 30.3 Å². The fourth-order valence-electron chi connectivity index (χ4n) is 2.01. The molecule has 0 radical (unpaired) electrons. The standard InChI is InChI=1S/C12H14N2OS/c15-12(14-9-6-13-7-9)11-5-8-3-1-2-4-10(8)16-11/h1-4,9,11,13H,5-7H2,(H,14,15). The summed E-state index contributed by atoms with van der Waals surface area (Å²) in [6.45, 7) is 1.83. The van der Waals surface area contributed by atoms with Gasteiger partial charge in [-0.1, -0.05) is 18.2 Å². The molecule has 4 heteroatoms. The molecule has 0 bridgehead atoms. The Hall–Kier alpha value is -1.00. The van der Waals surface area contributed by atoms with Crippen LogP contribution in [0.5, 0.6) is 0 Å². The Morgan fingerprint density at radius 1 is 1.38 bits per heavy atom. The van der Waals surface area contributed by atoms with Crippen molar-refractivity contribution in [3.63, 3.8) is 0 Å². The smallest absolute Gasteiger partial charge is 0.234 e. The number of carbonyl (C=O) groups is 1. The Labute approximate surface area is 99.0 Å². The predicted octanol–water partition coefficient (Wildman–Crippen LogP) is 0.791. The van der Waals surface area contributed by atoms with Gasteiger partial charge >= 0.3 is 0 Å². The van der Waals surface area contributed by atoms with E-state index in [4.69, 9.17) is 0 Å². The molecule has 0 aliphatic carbocycles. The number of thioether (sulfide) groups is 1. The number of hydrogen-bond donors (Lipinski definition) is 2. The van der Waals surface area contributed by atoms with Gasteiger partial charge < -0.3 is 10.6 Å². The molecule has 2 heterocycles. The second kappa shape index (κ2) is 4.11. The summed E-state index contributed by atoms with van der Waals surface area (Å²) >= 11 is 1.69. The SMILES string of the molecule is O=C(NC1CNC1)C1Cc2ccccc2S1. The molecule has 1 aromatic carbocycles. The van der Waals surface area contributed by atoms with Gasteiger partial charge in [-0.25, -0.2) is 0 Å². The molecule has 16 heavy (non-hydrogen) atoms. The Kier molecular flexibility index (Phi) is 2.61. The average Bonchev–Trinajstić information content (AvgIpc) is 2.66. The van der Waals surface area contributed by atoms with Crippen molar-refractivity contribution in [1.29, 1.82) is 0 Å². The highest BCUT2D eigenvalue weighted by Crippen LogP contribution is 2.36. The van der Waals surface area contributed by atoms with Crippen LogP contribution >= 0.6 is 11.8 Å². The van der Waals surface area contributed by atoms with Crippen LogP contribution in [0.1, 0.15) is 5.56 Å². The maximum absolute atomic E-state index is 12.0. The summed E-state index contributed by atoms with van der Waals surface area (Å²) in [6, 6.07) is 8.62. The summed E-state index contributed by atoms with van der Waals surface area (Å²) in [4.78, 5) is 13.2. The van der Waals surface area contributed by atoms with Crippen molar-refractivity contribution < 1.29 is 4.79 Å². The minimum absolute atomic E-state index is 0.0676. The van der Waals surface area contributed by atoms with Crippen LogP contribution in [0.4, 0.5) is 0 Å². The molecule has 2 N–H and O–H groups in total. The zero-order chi connectivity index (χ0) is 11.0.